The van der Waals surface area contributed by atoms with Crippen LogP contribution >= 0.6 is 0 Å². The number of hydrogen-bond acceptors (Lipinski definition) is 4. The van der Waals surface area contributed by atoms with Crippen molar-refractivity contribution < 1.29 is 24.1 Å². The summed E-state index contributed by atoms with van der Waals surface area (Å²) in [5.41, 5.74) is 3.72. The zero-order chi connectivity index (χ0) is 20.6. The first-order valence-corrected chi connectivity index (χ1v) is 9.31. The maximum atomic E-state index is 11.4. The second-order valence-corrected chi connectivity index (χ2v) is 6.56. The van der Waals surface area contributed by atoms with Gasteiger partial charge in [0.2, 0.25) is 0 Å². The molecule has 29 heavy (non-hydrogen) atoms. The summed E-state index contributed by atoms with van der Waals surface area (Å²) in [6, 6.07) is 23.3. The van der Waals surface area contributed by atoms with Crippen LogP contribution in [0, 0.1) is 0 Å². The van der Waals surface area contributed by atoms with E-state index < -0.39 is 12.1 Å². The third-order valence-corrected chi connectivity index (χ3v) is 4.69. The minimum absolute atomic E-state index is 0.241. The van der Waals surface area contributed by atoms with Crippen LogP contribution in [0.25, 0.3) is 11.1 Å². The summed E-state index contributed by atoms with van der Waals surface area (Å²) in [4.78, 5) is 11.4. The highest BCUT2D eigenvalue weighted by molar-refractivity contribution is 5.77. The standard InChI is InChI=1S/C24H24O5/c1-27-21-10-6-9-19(15-22(28-2)24(25)26)23(21)18-11-13-20(14-12-18)29-16-17-7-4-3-5-8-17/h3-14,22H,15-16H2,1-2H3,(H,25,26). The van der Waals surface area contributed by atoms with Gasteiger partial charge in [0.15, 0.2) is 6.10 Å². The number of aliphatic carboxylic acids is 1. The van der Waals surface area contributed by atoms with Crippen LogP contribution in [-0.4, -0.2) is 31.4 Å². The predicted octanol–water partition coefficient (Wildman–Crippen LogP) is 4.58. The molecule has 0 saturated carbocycles. The molecule has 1 atom stereocenters. The van der Waals surface area contributed by atoms with Crippen LogP contribution in [-0.2, 0) is 22.6 Å². The maximum Gasteiger partial charge on any atom is 0.333 e. The van der Waals surface area contributed by atoms with Gasteiger partial charge in [0, 0.05) is 19.1 Å². The van der Waals surface area contributed by atoms with Gasteiger partial charge in [-0.25, -0.2) is 4.79 Å². The molecule has 0 saturated heterocycles. The summed E-state index contributed by atoms with van der Waals surface area (Å²) in [5, 5.41) is 9.34. The largest absolute Gasteiger partial charge is 0.496 e. The zero-order valence-electron chi connectivity index (χ0n) is 16.5. The molecule has 3 aromatic carbocycles. The van der Waals surface area contributed by atoms with Gasteiger partial charge in [-0.15, -0.1) is 0 Å². The van der Waals surface area contributed by atoms with Gasteiger partial charge in [-0.05, 0) is 34.9 Å². The van der Waals surface area contributed by atoms with Crippen LogP contribution in [0.5, 0.6) is 11.5 Å². The first-order chi connectivity index (χ1) is 14.1. The monoisotopic (exact) mass is 392 g/mol. The van der Waals surface area contributed by atoms with Gasteiger partial charge in [0.25, 0.3) is 0 Å². The molecular formula is C24H24O5. The number of hydrogen-bond donors (Lipinski definition) is 1. The molecule has 5 heteroatoms. The lowest BCUT2D eigenvalue weighted by atomic mass is 9.94. The summed E-state index contributed by atoms with van der Waals surface area (Å²) in [6.45, 7) is 0.494. The van der Waals surface area contributed by atoms with E-state index in [1.807, 2.05) is 72.8 Å². The predicted molar refractivity (Wildman–Crippen MR) is 111 cm³/mol. The highest BCUT2D eigenvalue weighted by Crippen LogP contribution is 2.35. The van der Waals surface area contributed by atoms with Crippen molar-refractivity contribution in [1.82, 2.24) is 0 Å². The Morgan fingerprint density at radius 1 is 0.931 bits per heavy atom. The Morgan fingerprint density at radius 3 is 2.28 bits per heavy atom. The lowest BCUT2D eigenvalue weighted by Gasteiger charge is -2.17. The van der Waals surface area contributed by atoms with Gasteiger partial charge in [-0.1, -0.05) is 54.6 Å². The smallest absolute Gasteiger partial charge is 0.333 e. The van der Waals surface area contributed by atoms with Crippen molar-refractivity contribution >= 4 is 5.97 Å². The van der Waals surface area contributed by atoms with Crippen molar-refractivity contribution in [2.24, 2.45) is 0 Å². The average molecular weight is 392 g/mol. The number of methoxy groups -OCH3 is 2. The van der Waals surface area contributed by atoms with Crippen LogP contribution in [0.4, 0.5) is 0 Å². The summed E-state index contributed by atoms with van der Waals surface area (Å²) >= 11 is 0. The number of rotatable bonds is 9. The number of carboxylic acids is 1. The van der Waals surface area contributed by atoms with Gasteiger partial charge < -0.3 is 19.3 Å². The molecule has 3 aromatic rings. The van der Waals surface area contributed by atoms with E-state index in [9.17, 15) is 9.90 Å². The second kappa shape index (κ2) is 9.75. The van der Waals surface area contributed by atoms with Gasteiger partial charge in [0.05, 0.1) is 7.11 Å². The number of ether oxygens (including phenoxy) is 3. The summed E-state index contributed by atoms with van der Waals surface area (Å²) in [7, 11) is 3.00. The summed E-state index contributed by atoms with van der Waals surface area (Å²) in [6.07, 6.45) is -0.681. The number of carboxylic acid groups (broad SMARTS) is 1. The highest BCUT2D eigenvalue weighted by atomic mass is 16.5. The van der Waals surface area contributed by atoms with E-state index in [0.717, 1.165) is 28.0 Å². The second-order valence-electron chi connectivity index (χ2n) is 6.56. The summed E-state index contributed by atoms with van der Waals surface area (Å²) < 4.78 is 16.5. The molecule has 0 aliphatic heterocycles. The van der Waals surface area contributed by atoms with Crippen LogP contribution in [0.1, 0.15) is 11.1 Å². The Morgan fingerprint density at radius 2 is 1.66 bits per heavy atom. The molecule has 0 spiro atoms. The molecular weight excluding hydrogens is 368 g/mol. The fourth-order valence-corrected chi connectivity index (χ4v) is 3.17. The van der Waals surface area contributed by atoms with E-state index in [-0.39, 0.29) is 6.42 Å². The first kappa shape index (κ1) is 20.4. The molecule has 0 aliphatic rings. The maximum absolute atomic E-state index is 11.4. The SMILES string of the molecule is COc1cccc(CC(OC)C(=O)O)c1-c1ccc(OCc2ccccc2)cc1. The van der Waals surface area contributed by atoms with Crippen molar-refractivity contribution in [2.75, 3.05) is 14.2 Å². The van der Waals surface area contributed by atoms with Crippen molar-refractivity contribution in [3.05, 3.63) is 83.9 Å². The first-order valence-electron chi connectivity index (χ1n) is 9.31. The molecule has 0 bridgehead atoms. The molecule has 0 fully saturated rings. The Labute approximate surface area is 170 Å². The Hall–Kier alpha value is -3.31. The van der Waals surface area contributed by atoms with E-state index in [1.54, 1.807) is 7.11 Å². The number of carbonyl (C=O) groups is 1. The molecule has 0 heterocycles. The zero-order valence-corrected chi connectivity index (χ0v) is 16.5. The third-order valence-electron chi connectivity index (χ3n) is 4.69. The number of benzene rings is 3. The quantitative estimate of drug-likeness (QED) is 0.577. The molecule has 1 N–H and O–H groups in total. The fourth-order valence-electron chi connectivity index (χ4n) is 3.17. The van der Waals surface area contributed by atoms with Crippen molar-refractivity contribution in [3.8, 4) is 22.6 Å². The van der Waals surface area contributed by atoms with Gasteiger partial charge in [0.1, 0.15) is 18.1 Å². The molecule has 5 nitrogen and oxygen atoms in total. The van der Waals surface area contributed by atoms with Gasteiger partial charge >= 0.3 is 5.97 Å². The van der Waals surface area contributed by atoms with Crippen LogP contribution in [0.15, 0.2) is 72.8 Å². The topological polar surface area (TPSA) is 65.0 Å². The Balaban J connectivity index is 1.84. The molecule has 150 valence electrons. The molecule has 0 amide bonds. The Kier molecular flexibility index (Phi) is 6.87. The van der Waals surface area contributed by atoms with Gasteiger partial charge in [-0.2, -0.15) is 0 Å². The molecule has 3 rings (SSSR count). The minimum atomic E-state index is -0.995. The Bertz CT molecular complexity index is 935. The van der Waals surface area contributed by atoms with E-state index in [4.69, 9.17) is 14.2 Å². The lowest BCUT2D eigenvalue weighted by Crippen LogP contribution is -2.25. The molecule has 0 aliphatic carbocycles. The van der Waals surface area contributed by atoms with E-state index in [2.05, 4.69) is 0 Å². The van der Waals surface area contributed by atoms with E-state index >= 15 is 0 Å². The van der Waals surface area contributed by atoms with E-state index in [1.165, 1.54) is 7.11 Å². The van der Waals surface area contributed by atoms with Crippen LogP contribution in [0.3, 0.4) is 0 Å². The van der Waals surface area contributed by atoms with Crippen LogP contribution < -0.4 is 9.47 Å². The molecule has 0 radical (unpaired) electrons. The molecule has 0 aromatic heterocycles. The molecule has 1 unspecified atom stereocenters. The van der Waals surface area contributed by atoms with Crippen molar-refractivity contribution in [1.29, 1.82) is 0 Å². The van der Waals surface area contributed by atoms with E-state index in [0.29, 0.717) is 12.4 Å². The van der Waals surface area contributed by atoms with Crippen molar-refractivity contribution in [2.45, 2.75) is 19.1 Å². The average Bonchev–Trinajstić information content (AvgIpc) is 2.76. The van der Waals surface area contributed by atoms with Gasteiger partial charge in [-0.3, -0.25) is 0 Å². The minimum Gasteiger partial charge on any atom is -0.496 e. The lowest BCUT2D eigenvalue weighted by molar-refractivity contribution is -0.148. The third kappa shape index (κ3) is 5.15. The fraction of sp³-hybridized carbons (Fsp3) is 0.208. The van der Waals surface area contributed by atoms with Crippen molar-refractivity contribution in [3.63, 3.8) is 0 Å². The normalized spacial score (nSPS) is 11.7. The highest BCUT2D eigenvalue weighted by Gasteiger charge is 2.21. The summed E-state index contributed by atoms with van der Waals surface area (Å²) in [5.74, 6) is 0.445. The van der Waals surface area contributed by atoms with Crippen LogP contribution in [0.2, 0.25) is 0 Å².